The highest BCUT2D eigenvalue weighted by Gasteiger charge is 2.28. The van der Waals surface area contributed by atoms with E-state index in [2.05, 4.69) is 10.6 Å². The fourth-order valence-electron chi connectivity index (χ4n) is 0.949. The smallest absolute Gasteiger partial charge is 0.328 e. The highest BCUT2D eigenvalue weighted by molar-refractivity contribution is 5.85. The Morgan fingerprint density at radius 2 is 2.15 bits per heavy atom. The number of aliphatic hydroxyl groups excluding tert-OH is 1. The second-order valence-corrected chi connectivity index (χ2v) is 2.94. The molecule has 1 aliphatic rings. The first-order chi connectivity index (χ1) is 6.15. The second kappa shape index (κ2) is 4.20. The zero-order valence-corrected chi connectivity index (χ0v) is 6.99. The van der Waals surface area contributed by atoms with E-state index in [9.17, 15) is 9.59 Å². The SMILES string of the molecule is O=C(N[C@H](CO)C(=O)O)C1CNC1. The van der Waals surface area contributed by atoms with Gasteiger partial charge < -0.3 is 20.8 Å². The van der Waals surface area contributed by atoms with E-state index in [0.717, 1.165) is 0 Å². The molecule has 0 aromatic heterocycles. The van der Waals surface area contributed by atoms with Gasteiger partial charge in [0.2, 0.25) is 5.91 Å². The molecule has 0 aromatic rings. The number of hydrogen-bond donors (Lipinski definition) is 4. The van der Waals surface area contributed by atoms with Gasteiger partial charge in [0.15, 0.2) is 0 Å². The Kier molecular flexibility index (Phi) is 3.21. The Morgan fingerprint density at radius 1 is 1.54 bits per heavy atom. The summed E-state index contributed by atoms with van der Waals surface area (Å²) in [5, 5.41) is 22.2. The fraction of sp³-hybridized carbons (Fsp3) is 0.714. The van der Waals surface area contributed by atoms with Gasteiger partial charge in [-0.3, -0.25) is 4.79 Å². The topological polar surface area (TPSA) is 98.7 Å². The number of nitrogens with one attached hydrogen (secondary N) is 2. The zero-order valence-electron chi connectivity index (χ0n) is 6.99. The van der Waals surface area contributed by atoms with Crippen molar-refractivity contribution in [1.82, 2.24) is 10.6 Å². The molecule has 1 atom stereocenters. The standard InChI is InChI=1S/C7H12N2O4/c10-3-5(7(12)13)9-6(11)4-1-8-2-4/h4-5,8,10H,1-3H2,(H,9,11)(H,12,13)/t5-/m1/s1. The summed E-state index contributed by atoms with van der Waals surface area (Å²) >= 11 is 0. The molecule has 0 saturated carbocycles. The van der Waals surface area contributed by atoms with E-state index in [1.165, 1.54) is 0 Å². The van der Waals surface area contributed by atoms with Crippen LogP contribution >= 0.6 is 0 Å². The van der Waals surface area contributed by atoms with Crippen LogP contribution in [-0.2, 0) is 9.59 Å². The third kappa shape index (κ3) is 2.40. The molecular formula is C7H12N2O4. The van der Waals surface area contributed by atoms with Crippen LogP contribution in [0.4, 0.5) is 0 Å². The van der Waals surface area contributed by atoms with Crippen molar-refractivity contribution in [3.05, 3.63) is 0 Å². The summed E-state index contributed by atoms with van der Waals surface area (Å²) in [5.41, 5.74) is 0. The van der Waals surface area contributed by atoms with E-state index in [1.807, 2.05) is 0 Å². The molecule has 6 nitrogen and oxygen atoms in total. The molecule has 0 bridgehead atoms. The molecule has 13 heavy (non-hydrogen) atoms. The maximum absolute atomic E-state index is 11.2. The van der Waals surface area contributed by atoms with E-state index in [-0.39, 0.29) is 11.8 Å². The van der Waals surface area contributed by atoms with Gasteiger partial charge in [0.25, 0.3) is 0 Å². The number of amides is 1. The van der Waals surface area contributed by atoms with Gasteiger partial charge in [0.1, 0.15) is 6.04 Å². The highest BCUT2D eigenvalue weighted by atomic mass is 16.4. The predicted octanol–water partition coefficient (Wildman–Crippen LogP) is -2.23. The number of carbonyl (C=O) groups excluding carboxylic acids is 1. The van der Waals surface area contributed by atoms with Crippen LogP contribution in [0.1, 0.15) is 0 Å². The Bertz CT molecular complexity index is 215. The highest BCUT2D eigenvalue weighted by Crippen LogP contribution is 2.02. The molecule has 0 radical (unpaired) electrons. The molecule has 0 aromatic carbocycles. The summed E-state index contributed by atoms with van der Waals surface area (Å²) < 4.78 is 0. The Hall–Kier alpha value is -1.14. The maximum atomic E-state index is 11.2. The quantitative estimate of drug-likeness (QED) is 0.400. The van der Waals surface area contributed by atoms with E-state index in [4.69, 9.17) is 10.2 Å². The molecule has 0 spiro atoms. The number of aliphatic carboxylic acids is 1. The van der Waals surface area contributed by atoms with Gasteiger partial charge in [0.05, 0.1) is 12.5 Å². The first-order valence-corrected chi connectivity index (χ1v) is 4.00. The zero-order chi connectivity index (χ0) is 9.84. The van der Waals surface area contributed by atoms with E-state index >= 15 is 0 Å². The van der Waals surface area contributed by atoms with Crippen molar-refractivity contribution in [3.8, 4) is 0 Å². The van der Waals surface area contributed by atoms with Crippen molar-refractivity contribution in [2.45, 2.75) is 6.04 Å². The summed E-state index contributed by atoms with van der Waals surface area (Å²) in [4.78, 5) is 21.6. The van der Waals surface area contributed by atoms with Gasteiger partial charge in [-0.2, -0.15) is 0 Å². The van der Waals surface area contributed by atoms with Crippen LogP contribution in [0.2, 0.25) is 0 Å². The van der Waals surface area contributed by atoms with E-state index in [1.54, 1.807) is 0 Å². The Labute approximate surface area is 74.9 Å². The van der Waals surface area contributed by atoms with Crippen LogP contribution in [0.25, 0.3) is 0 Å². The Morgan fingerprint density at radius 3 is 2.46 bits per heavy atom. The average molecular weight is 188 g/mol. The summed E-state index contributed by atoms with van der Waals surface area (Å²) in [6, 6.07) is -1.19. The molecular weight excluding hydrogens is 176 g/mol. The maximum Gasteiger partial charge on any atom is 0.328 e. The largest absolute Gasteiger partial charge is 0.480 e. The van der Waals surface area contributed by atoms with Crippen LogP contribution in [-0.4, -0.2) is 47.8 Å². The first kappa shape index (κ1) is 9.94. The minimum Gasteiger partial charge on any atom is -0.480 e. The normalized spacial score (nSPS) is 18.8. The number of carboxylic acid groups (broad SMARTS) is 1. The molecule has 4 N–H and O–H groups in total. The van der Waals surface area contributed by atoms with Gasteiger partial charge in [0, 0.05) is 13.1 Å². The Balaban J connectivity index is 2.36. The van der Waals surface area contributed by atoms with Crippen LogP contribution < -0.4 is 10.6 Å². The molecule has 1 aliphatic heterocycles. The monoisotopic (exact) mass is 188 g/mol. The lowest BCUT2D eigenvalue weighted by molar-refractivity contribution is -0.143. The lowest BCUT2D eigenvalue weighted by atomic mass is 10.0. The number of carbonyl (C=O) groups is 2. The third-order valence-corrected chi connectivity index (χ3v) is 1.95. The molecule has 0 aliphatic carbocycles. The summed E-state index contributed by atoms with van der Waals surface area (Å²) in [6.07, 6.45) is 0. The van der Waals surface area contributed by atoms with Crippen LogP contribution in [0.3, 0.4) is 0 Å². The van der Waals surface area contributed by atoms with Crippen molar-refractivity contribution >= 4 is 11.9 Å². The first-order valence-electron chi connectivity index (χ1n) is 4.00. The number of carboxylic acids is 1. The van der Waals surface area contributed by atoms with Crippen molar-refractivity contribution in [3.63, 3.8) is 0 Å². The number of rotatable bonds is 4. The molecule has 6 heteroatoms. The number of hydrogen-bond acceptors (Lipinski definition) is 4. The van der Waals surface area contributed by atoms with Gasteiger partial charge in [-0.15, -0.1) is 0 Å². The molecule has 1 fully saturated rings. The van der Waals surface area contributed by atoms with E-state index in [0.29, 0.717) is 13.1 Å². The molecule has 1 heterocycles. The number of aliphatic hydroxyl groups is 1. The van der Waals surface area contributed by atoms with Crippen molar-refractivity contribution in [2.75, 3.05) is 19.7 Å². The van der Waals surface area contributed by atoms with Gasteiger partial charge in [-0.1, -0.05) is 0 Å². The van der Waals surface area contributed by atoms with Gasteiger partial charge >= 0.3 is 5.97 Å². The van der Waals surface area contributed by atoms with Crippen molar-refractivity contribution in [1.29, 1.82) is 0 Å². The summed E-state index contributed by atoms with van der Waals surface area (Å²) in [5.74, 6) is -1.70. The van der Waals surface area contributed by atoms with Crippen molar-refractivity contribution < 1.29 is 19.8 Å². The molecule has 0 unspecified atom stereocenters. The summed E-state index contributed by atoms with van der Waals surface area (Å²) in [6.45, 7) is 0.564. The minimum absolute atomic E-state index is 0.159. The van der Waals surface area contributed by atoms with Gasteiger partial charge in [-0.25, -0.2) is 4.79 Å². The third-order valence-electron chi connectivity index (χ3n) is 1.95. The van der Waals surface area contributed by atoms with Gasteiger partial charge in [-0.05, 0) is 0 Å². The fourth-order valence-corrected chi connectivity index (χ4v) is 0.949. The van der Waals surface area contributed by atoms with Crippen LogP contribution in [0.5, 0.6) is 0 Å². The van der Waals surface area contributed by atoms with E-state index < -0.39 is 18.6 Å². The average Bonchev–Trinajstić information content (AvgIpc) is 1.96. The van der Waals surface area contributed by atoms with Crippen molar-refractivity contribution in [2.24, 2.45) is 5.92 Å². The summed E-state index contributed by atoms with van der Waals surface area (Å²) in [7, 11) is 0. The minimum atomic E-state index is -1.22. The van der Waals surface area contributed by atoms with Crippen LogP contribution in [0.15, 0.2) is 0 Å². The molecule has 74 valence electrons. The molecule has 1 amide bonds. The lowest BCUT2D eigenvalue weighted by Crippen LogP contribution is -2.54. The predicted molar refractivity (Wildman–Crippen MR) is 43.0 cm³/mol. The second-order valence-electron chi connectivity index (χ2n) is 2.94. The molecule has 1 saturated heterocycles. The lowest BCUT2D eigenvalue weighted by Gasteiger charge is -2.26. The van der Waals surface area contributed by atoms with Crippen LogP contribution in [0, 0.1) is 5.92 Å². The molecule has 1 rings (SSSR count).